The molecule has 1 N–H and O–H groups in total. The summed E-state index contributed by atoms with van der Waals surface area (Å²) < 4.78 is 0. The van der Waals surface area contributed by atoms with Crippen molar-refractivity contribution < 1.29 is 0 Å². The van der Waals surface area contributed by atoms with E-state index in [1.165, 1.54) is 37.7 Å². The molecule has 0 bridgehead atoms. The minimum absolute atomic E-state index is 0.631. The SMILES string of the molecule is CCCC1CCC(CNC)C(c2ccc(C(C)C)cc2)C1. The van der Waals surface area contributed by atoms with Crippen LogP contribution in [-0.4, -0.2) is 13.6 Å². The lowest BCUT2D eigenvalue weighted by Crippen LogP contribution is -2.30. The third-order valence-electron chi connectivity index (χ3n) is 5.30. The molecule has 0 heterocycles. The van der Waals surface area contributed by atoms with Gasteiger partial charge in [-0.3, -0.25) is 0 Å². The quantitative estimate of drug-likeness (QED) is 0.745. The molecule has 0 spiro atoms. The van der Waals surface area contributed by atoms with Crippen molar-refractivity contribution in [3.05, 3.63) is 35.4 Å². The van der Waals surface area contributed by atoms with Crippen molar-refractivity contribution in [3.8, 4) is 0 Å². The molecule has 1 aromatic rings. The van der Waals surface area contributed by atoms with E-state index in [4.69, 9.17) is 0 Å². The summed E-state index contributed by atoms with van der Waals surface area (Å²) in [6.07, 6.45) is 6.96. The highest BCUT2D eigenvalue weighted by molar-refractivity contribution is 5.28. The van der Waals surface area contributed by atoms with Gasteiger partial charge in [0.2, 0.25) is 0 Å². The molecule has 2 rings (SSSR count). The van der Waals surface area contributed by atoms with Gasteiger partial charge in [-0.15, -0.1) is 0 Å². The minimum atomic E-state index is 0.631. The van der Waals surface area contributed by atoms with Crippen LogP contribution in [0.15, 0.2) is 24.3 Å². The van der Waals surface area contributed by atoms with Gasteiger partial charge in [0.25, 0.3) is 0 Å². The molecule has 1 fully saturated rings. The highest BCUT2D eigenvalue weighted by Crippen LogP contribution is 2.42. The monoisotopic (exact) mass is 287 g/mol. The molecular weight excluding hydrogens is 254 g/mol. The summed E-state index contributed by atoms with van der Waals surface area (Å²) in [5, 5.41) is 3.41. The third-order valence-corrected chi connectivity index (χ3v) is 5.30. The Morgan fingerprint density at radius 3 is 2.43 bits per heavy atom. The zero-order valence-corrected chi connectivity index (χ0v) is 14.4. The standard InChI is InChI=1S/C20H33N/c1-5-6-16-7-8-19(14-21-4)20(13-16)18-11-9-17(10-12-18)15(2)3/h9-12,15-16,19-21H,5-8,13-14H2,1-4H3. The van der Waals surface area contributed by atoms with Gasteiger partial charge in [-0.05, 0) is 61.2 Å². The van der Waals surface area contributed by atoms with E-state index in [1.54, 1.807) is 5.56 Å². The van der Waals surface area contributed by atoms with Crippen molar-refractivity contribution in [1.29, 1.82) is 0 Å². The molecule has 21 heavy (non-hydrogen) atoms. The summed E-state index contributed by atoms with van der Waals surface area (Å²) in [7, 11) is 2.09. The van der Waals surface area contributed by atoms with Crippen LogP contribution in [0.2, 0.25) is 0 Å². The normalized spacial score (nSPS) is 26.2. The summed E-state index contributed by atoms with van der Waals surface area (Å²) in [5.41, 5.74) is 3.03. The van der Waals surface area contributed by atoms with Crippen molar-refractivity contribution in [1.82, 2.24) is 5.32 Å². The molecule has 1 aliphatic carbocycles. The average Bonchev–Trinajstić information content (AvgIpc) is 2.49. The van der Waals surface area contributed by atoms with Gasteiger partial charge in [0.05, 0.1) is 0 Å². The molecule has 0 amide bonds. The summed E-state index contributed by atoms with van der Waals surface area (Å²) in [5.74, 6) is 3.14. The Labute approximate surface area is 131 Å². The molecule has 1 heteroatoms. The number of benzene rings is 1. The van der Waals surface area contributed by atoms with E-state index < -0.39 is 0 Å². The van der Waals surface area contributed by atoms with Crippen LogP contribution < -0.4 is 5.32 Å². The van der Waals surface area contributed by atoms with Crippen molar-refractivity contribution >= 4 is 0 Å². The van der Waals surface area contributed by atoms with E-state index >= 15 is 0 Å². The van der Waals surface area contributed by atoms with Gasteiger partial charge in [-0.25, -0.2) is 0 Å². The van der Waals surface area contributed by atoms with Gasteiger partial charge >= 0.3 is 0 Å². The van der Waals surface area contributed by atoms with Gasteiger partial charge in [-0.2, -0.15) is 0 Å². The molecule has 3 unspecified atom stereocenters. The van der Waals surface area contributed by atoms with E-state index in [9.17, 15) is 0 Å². The molecule has 1 saturated carbocycles. The minimum Gasteiger partial charge on any atom is -0.319 e. The summed E-state index contributed by atoms with van der Waals surface area (Å²) in [6, 6.07) is 9.49. The Morgan fingerprint density at radius 1 is 1.14 bits per heavy atom. The van der Waals surface area contributed by atoms with Crippen molar-refractivity contribution in [2.24, 2.45) is 11.8 Å². The maximum absolute atomic E-state index is 3.41. The lowest BCUT2D eigenvalue weighted by atomic mass is 9.70. The van der Waals surface area contributed by atoms with E-state index in [-0.39, 0.29) is 0 Å². The van der Waals surface area contributed by atoms with Gasteiger partial charge < -0.3 is 5.32 Å². The molecule has 1 aromatic carbocycles. The highest BCUT2D eigenvalue weighted by Gasteiger charge is 2.30. The van der Waals surface area contributed by atoms with Crippen LogP contribution in [0.1, 0.15) is 75.8 Å². The van der Waals surface area contributed by atoms with Gasteiger partial charge in [0.1, 0.15) is 0 Å². The van der Waals surface area contributed by atoms with Crippen LogP contribution in [0.3, 0.4) is 0 Å². The molecule has 0 radical (unpaired) electrons. The predicted octanol–water partition coefficient (Wildman–Crippen LogP) is 5.33. The summed E-state index contributed by atoms with van der Waals surface area (Å²) in [4.78, 5) is 0. The average molecular weight is 287 g/mol. The number of hydrogen-bond acceptors (Lipinski definition) is 1. The van der Waals surface area contributed by atoms with Crippen molar-refractivity contribution in [3.63, 3.8) is 0 Å². The molecule has 1 nitrogen and oxygen atoms in total. The van der Waals surface area contributed by atoms with Crippen LogP contribution >= 0.6 is 0 Å². The maximum Gasteiger partial charge on any atom is -0.00177 e. The van der Waals surface area contributed by atoms with Crippen LogP contribution in [0.25, 0.3) is 0 Å². The summed E-state index contributed by atoms with van der Waals surface area (Å²) >= 11 is 0. The van der Waals surface area contributed by atoms with Gasteiger partial charge in [-0.1, -0.05) is 64.3 Å². The topological polar surface area (TPSA) is 12.0 Å². The lowest BCUT2D eigenvalue weighted by Gasteiger charge is -2.37. The molecule has 0 saturated heterocycles. The number of hydrogen-bond donors (Lipinski definition) is 1. The Balaban J connectivity index is 2.14. The first kappa shape index (κ1) is 16.5. The van der Waals surface area contributed by atoms with Crippen LogP contribution in [0.4, 0.5) is 0 Å². The second-order valence-electron chi connectivity index (χ2n) is 7.21. The zero-order chi connectivity index (χ0) is 15.2. The zero-order valence-electron chi connectivity index (χ0n) is 14.4. The Morgan fingerprint density at radius 2 is 1.86 bits per heavy atom. The highest BCUT2D eigenvalue weighted by atomic mass is 14.8. The number of nitrogens with one attached hydrogen (secondary N) is 1. The molecule has 118 valence electrons. The maximum atomic E-state index is 3.41. The Hall–Kier alpha value is -0.820. The fourth-order valence-corrected chi connectivity index (χ4v) is 4.03. The molecular formula is C20H33N. The van der Waals surface area contributed by atoms with Crippen molar-refractivity contribution in [2.75, 3.05) is 13.6 Å². The molecule has 0 aliphatic heterocycles. The van der Waals surface area contributed by atoms with Crippen molar-refractivity contribution in [2.45, 2.75) is 64.7 Å². The van der Waals surface area contributed by atoms with E-state index in [0.717, 1.165) is 24.3 Å². The van der Waals surface area contributed by atoms with Crippen LogP contribution in [0, 0.1) is 11.8 Å². The smallest absolute Gasteiger partial charge is 0.00177 e. The first-order valence-electron chi connectivity index (χ1n) is 8.90. The van der Waals surface area contributed by atoms with Gasteiger partial charge in [0, 0.05) is 0 Å². The van der Waals surface area contributed by atoms with Gasteiger partial charge in [0.15, 0.2) is 0 Å². The summed E-state index contributed by atoms with van der Waals surface area (Å²) in [6.45, 7) is 8.04. The fraction of sp³-hybridized carbons (Fsp3) is 0.700. The second kappa shape index (κ2) is 7.98. The van der Waals surface area contributed by atoms with E-state index in [2.05, 4.69) is 57.4 Å². The fourth-order valence-electron chi connectivity index (χ4n) is 4.03. The second-order valence-corrected chi connectivity index (χ2v) is 7.21. The van der Waals surface area contributed by atoms with Crippen LogP contribution in [0.5, 0.6) is 0 Å². The molecule has 0 aromatic heterocycles. The lowest BCUT2D eigenvalue weighted by molar-refractivity contribution is 0.223. The first-order chi connectivity index (χ1) is 10.2. The Bertz CT molecular complexity index is 406. The first-order valence-corrected chi connectivity index (χ1v) is 8.90. The Kier molecular flexibility index (Phi) is 6.29. The van der Waals surface area contributed by atoms with E-state index in [1.807, 2.05) is 0 Å². The van der Waals surface area contributed by atoms with Crippen LogP contribution in [-0.2, 0) is 0 Å². The van der Waals surface area contributed by atoms with E-state index in [0.29, 0.717) is 5.92 Å². The molecule has 1 aliphatic rings. The molecule has 3 atom stereocenters. The third kappa shape index (κ3) is 4.32. The number of rotatable bonds is 6. The largest absolute Gasteiger partial charge is 0.319 e. The predicted molar refractivity (Wildman–Crippen MR) is 92.9 cm³/mol.